The standard InChI is InChI=1S/C39H77N2/c1-4-7-10-13-16-19-21-22-23-25-28-31-34-39-40(35-32-29-26-18-15-12-9-6-3)37-38-41(39)36-33-30-27-24-20-17-14-11-8-5-2/h37-38H,4-36H2,1-3H3/q+1. The molecule has 1 rings (SSSR count). The molecule has 0 amide bonds. The lowest BCUT2D eigenvalue weighted by Gasteiger charge is -2.07. The zero-order valence-electron chi connectivity index (χ0n) is 28.9. The summed E-state index contributed by atoms with van der Waals surface area (Å²) in [6.45, 7) is 9.40. The van der Waals surface area contributed by atoms with E-state index < -0.39 is 0 Å². The van der Waals surface area contributed by atoms with E-state index in [0.717, 1.165) is 0 Å². The molecule has 242 valence electrons. The highest BCUT2D eigenvalue weighted by molar-refractivity contribution is 4.84. The van der Waals surface area contributed by atoms with Crippen LogP contribution >= 0.6 is 0 Å². The SMILES string of the molecule is CCCCCCCCCCCCCCc1n(CCCCCCCCCC)cc[n+]1CCCCCCCCCCCC. The molecule has 0 atom stereocenters. The van der Waals surface area contributed by atoms with Gasteiger partial charge in [-0.1, -0.05) is 181 Å². The molecular formula is C39H77N2+. The number of rotatable bonds is 33. The molecular weight excluding hydrogens is 496 g/mol. The molecule has 2 heteroatoms. The third kappa shape index (κ3) is 23.4. The van der Waals surface area contributed by atoms with Crippen molar-refractivity contribution >= 4 is 0 Å². The predicted octanol–water partition coefficient (Wildman–Crippen LogP) is 13.1. The van der Waals surface area contributed by atoms with Gasteiger partial charge in [0.1, 0.15) is 12.4 Å². The van der Waals surface area contributed by atoms with E-state index in [1.807, 2.05) is 0 Å². The Kier molecular flexibility index (Phi) is 28.6. The molecule has 1 aromatic heterocycles. The molecule has 2 nitrogen and oxygen atoms in total. The number of hydrogen-bond acceptors (Lipinski definition) is 0. The second kappa shape index (κ2) is 30.7. The highest BCUT2D eigenvalue weighted by atomic mass is 15.1. The van der Waals surface area contributed by atoms with Crippen molar-refractivity contribution in [2.45, 2.75) is 233 Å². The second-order valence-electron chi connectivity index (χ2n) is 13.4. The van der Waals surface area contributed by atoms with Crippen LogP contribution in [0.2, 0.25) is 0 Å². The highest BCUT2D eigenvalue weighted by Gasteiger charge is 2.16. The maximum Gasteiger partial charge on any atom is 0.256 e. The van der Waals surface area contributed by atoms with Gasteiger partial charge in [0.25, 0.3) is 5.82 Å². The van der Waals surface area contributed by atoms with Crippen LogP contribution in [-0.4, -0.2) is 4.57 Å². The molecule has 1 aromatic rings. The van der Waals surface area contributed by atoms with Crippen molar-refractivity contribution in [2.24, 2.45) is 0 Å². The molecule has 0 bridgehead atoms. The van der Waals surface area contributed by atoms with Gasteiger partial charge < -0.3 is 0 Å². The number of imidazole rings is 1. The third-order valence-corrected chi connectivity index (χ3v) is 9.35. The maximum absolute atomic E-state index is 2.63. The Labute approximate surface area is 259 Å². The first-order valence-electron chi connectivity index (χ1n) is 19.4. The van der Waals surface area contributed by atoms with Crippen LogP contribution in [0.1, 0.15) is 219 Å². The zero-order valence-corrected chi connectivity index (χ0v) is 28.9. The van der Waals surface area contributed by atoms with Gasteiger partial charge in [-0.25, -0.2) is 9.13 Å². The Bertz CT molecular complexity index is 634. The summed E-state index contributed by atoms with van der Waals surface area (Å²) >= 11 is 0. The first-order chi connectivity index (χ1) is 20.3. The monoisotopic (exact) mass is 574 g/mol. The fourth-order valence-electron chi connectivity index (χ4n) is 6.50. The normalized spacial score (nSPS) is 11.6. The molecule has 0 spiro atoms. The lowest BCUT2D eigenvalue weighted by atomic mass is 10.0. The van der Waals surface area contributed by atoms with E-state index >= 15 is 0 Å². The summed E-state index contributed by atoms with van der Waals surface area (Å²) < 4.78 is 5.26. The van der Waals surface area contributed by atoms with Crippen molar-refractivity contribution in [3.8, 4) is 0 Å². The van der Waals surface area contributed by atoms with Gasteiger partial charge in [-0.05, 0) is 32.1 Å². The average molecular weight is 574 g/mol. The summed E-state index contributed by atoms with van der Waals surface area (Å²) in [5.41, 5.74) is 0. The highest BCUT2D eigenvalue weighted by Crippen LogP contribution is 2.15. The van der Waals surface area contributed by atoms with E-state index in [4.69, 9.17) is 0 Å². The first kappa shape index (κ1) is 38.2. The minimum absolute atomic E-state index is 1.23. The summed E-state index contributed by atoms with van der Waals surface area (Å²) in [4.78, 5) is 0. The Morgan fingerprint density at radius 3 is 1.17 bits per heavy atom. The van der Waals surface area contributed by atoms with Crippen molar-refractivity contribution in [1.82, 2.24) is 4.57 Å². The third-order valence-electron chi connectivity index (χ3n) is 9.35. The van der Waals surface area contributed by atoms with Crippen molar-refractivity contribution in [3.63, 3.8) is 0 Å². The quantitative estimate of drug-likeness (QED) is 0.0584. The van der Waals surface area contributed by atoms with E-state index in [2.05, 4.69) is 42.3 Å². The summed E-state index contributed by atoms with van der Waals surface area (Å²) in [7, 11) is 0. The van der Waals surface area contributed by atoms with Crippen molar-refractivity contribution < 1.29 is 4.57 Å². The molecule has 0 unspecified atom stereocenters. The van der Waals surface area contributed by atoms with Crippen LogP contribution in [0, 0.1) is 0 Å². The van der Waals surface area contributed by atoms with Gasteiger partial charge >= 0.3 is 0 Å². The summed E-state index contributed by atoms with van der Waals surface area (Å²) in [6.07, 6.45) is 48.9. The number of aromatic nitrogens is 2. The lowest BCUT2D eigenvalue weighted by Crippen LogP contribution is -2.37. The molecule has 0 aliphatic rings. The molecule has 1 heterocycles. The van der Waals surface area contributed by atoms with Gasteiger partial charge in [-0.3, -0.25) is 0 Å². The van der Waals surface area contributed by atoms with Gasteiger partial charge in [-0.2, -0.15) is 0 Å². The molecule has 0 saturated carbocycles. The summed E-state index contributed by atoms with van der Waals surface area (Å²) in [6, 6.07) is 0. The minimum atomic E-state index is 1.23. The topological polar surface area (TPSA) is 8.81 Å². The lowest BCUT2D eigenvalue weighted by molar-refractivity contribution is -0.704. The largest absolute Gasteiger partial charge is 0.256 e. The van der Waals surface area contributed by atoms with Crippen molar-refractivity contribution in [1.29, 1.82) is 0 Å². The number of hydrogen-bond donors (Lipinski definition) is 0. The molecule has 0 aliphatic carbocycles. The fraction of sp³-hybridized carbons (Fsp3) is 0.923. The zero-order chi connectivity index (χ0) is 29.5. The summed E-state index contributed by atoms with van der Waals surface area (Å²) in [5, 5.41) is 0. The fourth-order valence-corrected chi connectivity index (χ4v) is 6.50. The van der Waals surface area contributed by atoms with Crippen LogP contribution in [0.4, 0.5) is 0 Å². The van der Waals surface area contributed by atoms with E-state index in [1.165, 1.54) is 212 Å². The van der Waals surface area contributed by atoms with E-state index in [-0.39, 0.29) is 0 Å². The first-order valence-corrected chi connectivity index (χ1v) is 19.4. The van der Waals surface area contributed by atoms with E-state index in [1.54, 1.807) is 5.82 Å². The molecule has 0 aromatic carbocycles. The average Bonchev–Trinajstić information content (AvgIpc) is 3.37. The van der Waals surface area contributed by atoms with Crippen LogP contribution in [0.3, 0.4) is 0 Å². The number of nitrogens with zero attached hydrogens (tertiary/aromatic N) is 2. The summed E-state index contributed by atoms with van der Waals surface area (Å²) in [5.74, 6) is 1.62. The van der Waals surface area contributed by atoms with Crippen molar-refractivity contribution in [2.75, 3.05) is 0 Å². The van der Waals surface area contributed by atoms with E-state index in [9.17, 15) is 0 Å². The van der Waals surface area contributed by atoms with Crippen LogP contribution < -0.4 is 4.57 Å². The van der Waals surface area contributed by atoms with Gasteiger partial charge in [0.2, 0.25) is 0 Å². The Morgan fingerprint density at radius 2 is 0.756 bits per heavy atom. The van der Waals surface area contributed by atoms with E-state index in [0.29, 0.717) is 0 Å². The van der Waals surface area contributed by atoms with Gasteiger partial charge in [0.05, 0.1) is 13.1 Å². The van der Waals surface area contributed by atoms with Crippen LogP contribution in [0.5, 0.6) is 0 Å². The Hall–Kier alpha value is -0.790. The minimum Gasteiger partial charge on any atom is -0.234 e. The van der Waals surface area contributed by atoms with Crippen LogP contribution in [0.25, 0.3) is 0 Å². The Balaban J connectivity index is 2.31. The molecule has 0 saturated heterocycles. The van der Waals surface area contributed by atoms with Crippen molar-refractivity contribution in [3.05, 3.63) is 18.2 Å². The number of aryl methyl sites for hydroxylation is 2. The Morgan fingerprint density at radius 1 is 0.415 bits per heavy atom. The molecule has 0 radical (unpaired) electrons. The van der Waals surface area contributed by atoms with Gasteiger partial charge in [-0.15, -0.1) is 0 Å². The maximum atomic E-state index is 2.63. The second-order valence-corrected chi connectivity index (χ2v) is 13.4. The van der Waals surface area contributed by atoms with Gasteiger partial charge in [0.15, 0.2) is 0 Å². The van der Waals surface area contributed by atoms with Crippen LogP contribution in [0.15, 0.2) is 12.4 Å². The number of unbranched alkanes of at least 4 members (excludes halogenated alkanes) is 27. The van der Waals surface area contributed by atoms with Gasteiger partial charge in [0, 0.05) is 6.42 Å². The predicted molar refractivity (Wildman–Crippen MR) is 184 cm³/mol. The molecule has 0 aliphatic heterocycles. The molecule has 0 N–H and O–H groups in total. The smallest absolute Gasteiger partial charge is 0.234 e. The van der Waals surface area contributed by atoms with Crippen LogP contribution in [-0.2, 0) is 19.5 Å². The molecule has 41 heavy (non-hydrogen) atoms. The molecule has 0 fully saturated rings.